The smallest absolute Gasteiger partial charge is 0.208 e. The lowest BCUT2D eigenvalue weighted by Crippen LogP contribution is -2.45. The Balaban J connectivity index is 1.60. The average molecular weight is 379 g/mol. The molecule has 1 aromatic rings. The van der Waals surface area contributed by atoms with Gasteiger partial charge in [-0.1, -0.05) is 0 Å². The molecule has 3 heterocycles. The van der Waals surface area contributed by atoms with Crippen LogP contribution in [0, 0.1) is 0 Å². The van der Waals surface area contributed by atoms with Gasteiger partial charge in [-0.05, 0) is 36.6 Å². The van der Waals surface area contributed by atoms with Gasteiger partial charge < -0.3 is 13.9 Å². The number of furan rings is 1. The molecule has 0 bridgehead atoms. The van der Waals surface area contributed by atoms with Crippen molar-refractivity contribution in [1.82, 2.24) is 9.62 Å². The minimum absolute atomic E-state index is 0.124. The van der Waals surface area contributed by atoms with Crippen LogP contribution in [0.3, 0.4) is 0 Å². The van der Waals surface area contributed by atoms with Crippen LogP contribution in [0.5, 0.6) is 0 Å². The van der Waals surface area contributed by atoms with E-state index >= 15 is 0 Å². The summed E-state index contributed by atoms with van der Waals surface area (Å²) >= 11 is 5.83. The third kappa shape index (κ3) is 4.93. The Morgan fingerprint density at radius 2 is 2.29 bits per heavy atom. The molecule has 1 aromatic heterocycles. The van der Waals surface area contributed by atoms with Crippen molar-refractivity contribution in [3.63, 3.8) is 0 Å². The van der Waals surface area contributed by atoms with Crippen molar-refractivity contribution < 1.29 is 22.3 Å². The number of nitrogens with zero attached hydrogens (tertiary/aromatic N) is 1. The van der Waals surface area contributed by atoms with Gasteiger partial charge in [-0.25, -0.2) is 13.1 Å². The van der Waals surface area contributed by atoms with Crippen molar-refractivity contribution in [3.8, 4) is 0 Å². The van der Waals surface area contributed by atoms with Crippen LogP contribution in [-0.2, 0) is 26.0 Å². The van der Waals surface area contributed by atoms with Gasteiger partial charge in [0.1, 0.15) is 11.4 Å². The summed E-state index contributed by atoms with van der Waals surface area (Å²) in [7, 11) is -3.21. The minimum atomic E-state index is -3.21. The minimum Gasteiger partial charge on any atom is -0.448 e. The van der Waals surface area contributed by atoms with Crippen LogP contribution in [0.2, 0.25) is 5.22 Å². The molecule has 0 unspecified atom stereocenters. The molecule has 0 amide bonds. The van der Waals surface area contributed by atoms with Gasteiger partial charge in [-0.15, -0.1) is 0 Å². The number of sulfonamides is 1. The van der Waals surface area contributed by atoms with Crippen molar-refractivity contribution in [1.29, 1.82) is 0 Å². The molecular formula is C15H23ClN2O5S. The van der Waals surface area contributed by atoms with E-state index in [9.17, 15) is 8.42 Å². The van der Waals surface area contributed by atoms with Crippen LogP contribution in [0.15, 0.2) is 16.5 Å². The highest BCUT2D eigenvalue weighted by Gasteiger charge is 2.43. The number of nitrogens with one attached hydrogen (secondary N) is 1. The molecule has 9 heteroatoms. The van der Waals surface area contributed by atoms with E-state index in [-0.39, 0.29) is 6.10 Å². The lowest BCUT2D eigenvalue weighted by Gasteiger charge is -2.31. The van der Waals surface area contributed by atoms with E-state index in [1.807, 2.05) is 6.07 Å². The van der Waals surface area contributed by atoms with Gasteiger partial charge in [0.05, 0.1) is 32.1 Å². The highest BCUT2D eigenvalue weighted by atomic mass is 35.5. The molecule has 7 nitrogen and oxygen atoms in total. The number of hydrogen-bond donors (Lipinski definition) is 1. The number of halogens is 1. The highest BCUT2D eigenvalue weighted by molar-refractivity contribution is 7.88. The SMILES string of the molecule is CS(=O)(=O)NC[C@@H]1CC[C@]2(COCCN(Cc3ccc(Cl)o3)C2)O1. The van der Waals surface area contributed by atoms with Gasteiger partial charge in [0.25, 0.3) is 0 Å². The van der Waals surface area contributed by atoms with Gasteiger partial charge >= 0.3 is 0 Å². The molecule has 1 N–H and O–H groups in total. The van der Waals surface area contributed by atoms with Gasteiger partial charge in [0.2, 0.25) is 10.0 Å². The first kappa shape index (κ1) is 18.2. The predicted octanol–water partition coefficient (Wildman–Crippen LogP) is 1.23. The summed E-state index contributed by atoms with van der Waals surface area (Å²) in [5, 5.41) is 0.384. The maximum atomic E-state index is 11.2. The van der Waals surface area contributed by atoms with E-state index in [0.717, 1.165) is 37.9 Å². The molecule has 3 rings (SSSR count). The normalized spacial score (nSPS) is 29.2. The van der Waals surface area contributed by atoms with Crippen LogP contribution in [0.25, 0.3) is 0 Å². The van der Waals surface area contributed by atoms with E-state index in [4.69, 9.17) is 25.5 Å². The molecule has 136 valence electrons. The van der Waals surface area contributed by atoms with Crippen molar-refractivity contribution in [2.75, 3.05) is 39.1 Å². The Hall–Kier alpha value is -0.640. The van der Waals surface area contributed by atoms with E-state index in [0.29, 0.717) is 31.5 Å². The van der Waals surface area contributed by atoms with Gasteiger partial charge in [-0.3, -0.25) is 4.90 Å². The van der Waals surface area contributed by atoms with Crippen LogP contribution in [0.4, 0.5) is 0 Å². The lowest BCUT2D eigenvalue weighted by atomic mass is 10.00. The standard InChI is InChI=1S/C15H23ClN2O5S/c1-24(19,20)17-8-12-4-5-15(23-12)10-18(6-7-21-11-15)9-13-2-3-14(16)22-13/h2-3,12,17H,4-11H2,1H3/t12-,15-/m0/s1. The van der Waals surface area contributed by atoms with Gasteiger partial charge in [0, 0.05) is 19.6 Å². The Bertz CT molecular complexity index is 665. The van der Waals surface area contributed by atoms with Crippen LogP contribution < -0.4 is 4.72 Å². The fourth-order valence-electron chi connectivity index (χ4n) is 3.28. The second-order valence-corrected chi connectivity index (χ2v) is 8.76. The number of hydrogen-bond acceptors (Lipinski definition) is 6. The molecule has 2 saturated heterocycles. The molecule has 0 aromatic carbocycles. The van der Waals surface area contributed by atoms with Crippen molar-refractivity contribution >= 4 is 21.6 Å². The van der Waals surface area contributed by atoms with Crippen LogP contribution >= 0.6 is 11.6 Å². The average Bonchev–Trinajstić information content (AvgIpc) is 3.01. The predicted molar refractivity (Wildman–Crippen MR) is 89.5 cm³/mol. The fourth-order valence-corrected chi connectivity index (χ4v) is 3.93. The number of rotatable bonds is 5. The Kier molecular flexibility index (Phi) is 5.53. The van der Waals surface area contributed by atoms with Crippen molar-refractivity contribution in [2.24, 2.45) is 0 Å². The lowest BCUT2D eigenvalue weighted by molar-refractivity contribution is -0.0846. The quantitative estimate of drug-likeness (QED) is 0.830. The molecule has 24 heavy (non-hydrogen) atoms. The first-order chi connectivity index (χ1) is 11.3. The molecule has 2 fully saturated rings. The van der Waals surface area contributed by atoms with Crippen LogP contribution in [-0.4, -0.2) is 64.1 Å². The second-order valence-electron chi connectivity index (χ2n) is 6.55. The topological polar surface area (TPSA) is 81.0 Å². The molecule has 2 atom stereocenters. The summed E-state index contributed by atoms with van der Waals surface area (Å²) in [6.07, 6.45) is 2.69. The summed E-state index contributed by atoms with van der Waals surface area (Å²) in [4.78, 5) is 2.23. The summed E-state index contributed by atoms with van der Waals surface area (Å²) in [6.45, 7) is 3.61. The summed E-state index contributed by atoms with van der Waals surface area (Å²) < 4.78 is 42.4. The highest BCUT2D eigenvalue weighted by Crippen LogP contribution is 2.33. The molecular weight excluding hydrogens is 356 g/mol. The third-order valence-electron chi connectivity index (χ3n) is 4.35. The zero-order valence-corrected chi connectivity index (χ0v) is 15.2. The molecule has 2 aliphatic rings. The van der Waals surface area contributed by atoms with E-state index < -0.39 is 15.6 Å². The molecule has 0 aliphatic carbocycles. The Morgan fingerprint density at radius 1 is 1.46 bits per heavy atom. The number of ether oxygens (including phenoxy) is 2. The molecule has 2 aliphatic heterocycles. The van der Waals surface area contributed by atoms with Crippen molar-refractivity contribution in [3.05, 3.63) is 23.1 Å². The monoisotopic (exact) mass is 378 g/mol. The van der Waals surface area contributed by atoms with E-state index in [1.54, 1.807) is 6.07 Å². The zero-order valence-electron chi connectivity index (χ0n) is 13.7. The maximum Gasteiger partial charge on any atom is 0.208 e. The fraction of sp³-hybridized carbons (Fsp3) is 0.733. The largest absolute Gasteiger partial charge is 0.448 e. The first-order valence-electron chi connectivity index (χ1n) is 8.00. The summed E-state index contributed by atoms with van der Waals surface area (Å²) in [6, 6.07) is 3.61. The first-order valence-corrected chi connectivity index (χ1v) is 10.3. The second kappa shape index (κ2) is 7.31. The summed E-state index contributed by atoms with van der Waals surface area (Å²) in [5.74, 6) is 0.810. The summed E-state index contributed by atoms with van der Waals surface area (Å²) in [5.41, 5.74) is -0.392. The van der Waals surface area contributed by atoms with Crippen molar-refractivity contribution in [2.45, 2.75) is 31.1 Å². The Labute approximate surface area is 147 Å². The zero-order chi connectivity index (χ0) is 17.2. The third-order valence-corrected chi connectivity index (χ3v) is 5.24. The van der Waals surface area contributed by atoms with E-state index in [2.05, 4.69) is 9.62 Å². The van der Waals surface area contributed by atoms with Gasteiger partial charge in [0.15, 0.2) is 5.22 Å². The van der Waals surface area contributed by atoms with Gasteiger partial charge in [-0.2, -0.15) is 0 Å². The van der Waals surface area contributed by atoms with E-state index in [1.165, 1.54) is 0 Å². The maximum absolute atomic E-state index is 11.2. The Morgan fingerprint density at radius 3 is 3.00 bits per heavy atom. The molecule has 0 radical (unpaired) electrons. The molecule has 0 saturated carbocycles. The van der Waals surface area contributed by atoms with Crippen LogP contribution in [0.1, 0.15) is 18.6 Å². The molecule has 1 spiro atoms.